The summed E-state index contributed by atoms with van der Waals surface area (Å²) < 4.78 is 6.22. The molecule has 144 valence electrons. The van der Waals surface area contributed by atoms with E-state index >= 15 is 0 Å². The zero-order chi connectivity index (χ0) is 18.3. The molecule has 0 unspecified atom stereocenters. The maximum atomic E-state index is 12.2. The summed E-state index contributed by atoms with van der Waals surface area (Å²) in [6.45, 7) is 4.99. The predicted molar refractivity (Wildman–Crippen MR) is 99.5 cm³/mol. The number of rotatable bonds is 0. The molecule has 6 aliphatic carbocycles. The molecule has 1 spiro atoms. The van der Waals surface area contributed by atoms with Gasteiger partial charge in [0.2, 0.25) is 0 Å². The molecule has 0 aromatic carbocycles. The van der Waals surface area contributed by atoms with Crippen molar-refractivity contribution >= 4 is 11.8 Å². The Hall–Kier alpha value is -1.12. The van der Waals surface area contributed by atoms with E-state index in [-0.39, 0.29) is 22.4 Å². The van der Waals surface area contributed by atoms with Gasteiger partial charge >= 0.3 is 5.97 Å². The summed E-state index contributed by atoms with van der Waals surface area (Å²) in [5.74, 6) is 5.65. The second kappa shape index (κ2) is 4.39. The molecule has 0 bridgehead atoms. The lowest BCUT2D eigenvalue weighted by Crippen LogP contribution is -2.57. The lowest BCUT2D eigenvalue weighted by atomic mass is 9.45. The van der Waals surface area contributed by atoms with Gasteiger partial charge in [0.25, 0.3) is 0 Å². The van der Waals surface area contributed by atoms with Crippen molar-refractivity contribution in [1.82, 2.24) is 0 Å². The Morgan fingerprint density at radius 3 is 2.63 bits per heavy atom. The number of fused-ring (bicyclic) bond motifs is 12. The molecule has 3 heteroatoms. The van der Waals surface area contributed by atoms with E-state index in [1.54, 1.807) is 0 Å². The van der Waals surface area contributed by atoms with E-state index in [1.165, 1.54) is 31.3 Å². The Kier molecular flexibility index (Phi) is 2.56. The molecule has 0 radical (unpaired) electrons. The average molecular weight is 367 g/mol. The van der Waals surface area contributed by atoms with Crippen LogP contribution in [0.5, 0.6) is 0 Å². The maximum absolute atomic E-state index is 12.2. The number of hydrogen-bond acceptors (Lipinski definition) is 3. The van der Waals surface area contributed by atoms with Crippen molar-refractivity contribution in [3.63, 3.8) is 0 Å². The van der Waals surface area contributed by atoms with Crippen molar-refractivity contribution in [1.29, 1.82) is 0 Å². The van der Waals surface area contributed by atoms with E-state index in [4.69, 9.17) is 4.74 Å². The molecule has 0 aromatic heterocycles. The maximum Gasteiger partial charge on any atom is 0.306 e. The van der Waals surface area contributed by atoms with Crippen LogP contribution in [0.15, 0.2) is 11.6 Å². The van der Waals surface area contributed by atoms with Crippen LogP contribution in [0.2, 0.25) is 0 Å². The number of ketones is 1. The highest BCUT2D eigenvalue weighted by atomic mass is 16.6. The quantitative estimate of drug-likeness (QED) is 0.600. The van der Waals surface area contributed by atoms with Crippen LogP contribution in [0.25, 0.3) is 0 Å². The van der Waals surface area contributed by atoms with Crippen molar-refractivity contribution in [2.24, 2.45) is 52.3 Å². The number of esters is 1. The highest BCUT2D eigenvalue weighted by Gasteiger charge is 2.81. The van der Waals surface area contributed by atoms with Crippen LogP contribution in [0, 0.1) is 52.3 Å². The van der Waals surface area contributed by atoms with Gasteiger partial charge in [-0.05, 0) is 85.5 Å². The third-order valence-electron chi connectivity index (χ3n) is 10.9. The number of carbonyl (C=O) groups is 2. The summed E-state index contributed by atoms with van der Waals surface area (Å²) in [6.07, 6.45) is 10.6. The Morgan fingerprint density at radius 1 is 1.00 bits per heavy atom. The number of carbonyl (C=O) groups excluding carboxylic acids is 2. The molecule has 1 saturated heterocycles. The predicted octanol–water partition coefficient (Wildman–Crippen LogP) is 4.31. The Bertz CT molecular complexity index is 827. The second-order valence-corrected chi connectivity index (χ2v) is 11.5. The first-order valence-corrected chi connectivity index (χ1v) is 11.4. The molecule has 0 N–H and O–H groups in total. The van der Waals surface area contributed by atoms with Gasteiger partial charge in [-0.25, -0.2) is 0 Å². The van der Waals surface area contributed by atoms with Crippen molar-refractivity contribution in [3.05, 3.63) is 11.6 Å². The minimum Gasteiger partial charge on any atom is -0.458 e. The first-order valence-electron chi connectivity index (χ1n) is 11.4. The van der Waals surface area contributed by atoms with Crippen LogP contribution in [0.4, 0.5) is 0 Å². The summed E-state index contributed by atoms with van der Waals surface area (Å²) >= 11 is 0. The van der Waals surface area contributed by atoms with E-state index in [1.807, 2.05) is 0 Å². The van der Waals surface area contributed by atoms with Gasteiger partial charge in [0.15, 0.2) is 5.78 Å². The van der Waals surface area contributed by atoms with Gasteiger partial charge in [0, 0.05) is 24.2 Å². The van der Waals surface area contributed by atoms with Gasteiger partial charge < -0.3 is 4.74 Å². The van der Waals surface area contributed by atoms with Gasteiger partial charge in [-0.2, -0.15) is 0 Å². The molecule has 27 heavy (non-hydrogen) atoms. The molecule has 1 aliphatic heterocycles. The summed E-state index contributed by atoms with van der Waals surface area (Å²) in [4.78, 5) is 24.3. The molecule has 6 fully saturated rings. The Balaban J connectivity index is 1.33. The first kappa shape index (κ1) is 15.8. The van der Waals surface area contributed by atoms with Crippen molar-refractivity contribution in [3.8, 4) is 0 Å². The highest BCUT2D eigenvalue weighted by molar-refractivity contribution is 5.92. The Morgan fingerprint density at radius 2 is 1.85 bits per heavy atom. The van der Waals surface area contributed by atoms with Crippen LogP contribution in [0.1, 0.15) is 65.2 Å². The minimum absolute atomic E-state index is 0.0561. The molecule has 3 nitrogen and oxygen atoms in total. The number of hydrogen-bond donors (Lipinski definition) is 0. The molecule has 0 aromatic rings. The van der Waals surface area contributed by atoms with Crippen LogP contribution in [0.3, 0.4) is 0 Å². The van der Waals surface area contributed by atoms with Gasteiger partial charge in [0.05, 0.1) is 0 Å². The van der Waals surface area contributed by atoms with E-state index in [9.17, 15) is 9.59 Å². The highest BCUT2D eigenvalue weighted by Crippen LogP contribution is 2.82. The van der Waals surface area contributed by atoms with Crippen LogP contribution in [-0.4, -0.2) is 17.4 Å². The zero-order valence-electron chi connectivity index (χ0n) is 16.5. The van der Waals surface area contributed by atoms with E-state index in [0.717, 1.165) is 48.9 Å². The van der Waals surface area contributed by atoms with Gasteiger partial charge in [-0.1, -0.05) is 19.4 Å². The van der Waals surface area contributed by atoms with Crippen LogP contribution < -0.4 is 0 Å². The second-order valence-electron chi connectivity index (χ2n) is 11.5. The Labute approximate surface area is 161 Å². The average Bonchev–Trinajstić information content (AvgIpc) is 3.53. The lowest BCUT2D eigenvalue weighted by molar-refractivity contribution is -0.177. The topological polar surface area (TPSA) is 43.4 Å². The molecule has 10 atom stereocenters. The normalized spacial score (nSPS) is 62.0. The van der Waals surface area contributed by atoms with Gasteiger partial charge in [-0.3, -0.25) is 9.59 Å². The van der Waals surface area contributed by atoms with Crippen molar-refractivity contribution in [2.45, 2.75) is 70.8 Å². The fourth-order valence-electron chi connectivity index (χ4n) is 9.74. The third-order valence-corrected chi connectivity index (χ3v) is 10.9. The van der Waals surface area contributed by atoms with Crippen LogP contribution >= 0.6 is 0 Å². The third kappa shape index (κ3) is 1.58. The summed E-state index contributed by atoms with van der Waals surface area (Å²) in [7, 11) is 0. The molecular weight excluding hydrogens is 336 g/mol. The van der Waals surface area contributed by atoms with E-state index in [0.29, 0.717) is 24.0 Å². The van der Waals surface area contributed by atoms with Crippen LogP contribution in [-0.2, 0) is 14.3 Å². The molecule has 0 amide bonds. The van der Waals surface area contributed by atoms with Crippen molar-refractivity contribution in [2.75, 3.05) is 0 Å². The van der Waals surface area contributed by atoms with Crippen molar-refractivity contribution < 1.29 is 14.3 Å². The van der Waals surface area contributed by atoms with E-state index < -0.39 is 0 Å². The summed E-state index contributed by atoms with van der Waals surface area (Å²) in [5, 5.41) is 0. The molecule has 5 saturated carbocycles. The number of ether oxygens (including phenoxy) is 1. The zero-order valence-corrected chi connectivity index (χ0v) is 16.5. The molecule has 7 rings (SSSR count). The molecular formula is C24H30O3. The first-order chi connectivity index (χ1) is 12.9. The lowest BCUT2D eigenvalue weighted by Gasteiger charge is -2.60. The monoisotopic (exact) mass is 366 g/mol. The van der Waals surface area contributed by atoms with E-state index in [2.05, 4.69) is 19.9 Å². The number of allylic oxidation sites excluding steroid dienone is 1. The molecule has 7 aliphatic rings. The SMILES string of the molecule is C[C@]12CCC(=O)C=C1[C@H]1C[C@H]1[C@@H]1[C@H]3[C@H]4C[C@@H]4[C@@]4(CCC(=O)O4)[C@@]3(C)CC[C@H]12. The largest absolute Gasteiger partial charge is 0.458 e. The smallest absolute Gasteiger partial charge is 0.306 e. The summed E-state index contributed by atoms with van der Waals surface area (Å²) in [5.41, 5.74) is 1.85. The minimum atomic E-state index is -0.131. The molecule has 1 heterocycles. The fourth-order valence-corrected chi connectivity index (χ4v) is 9.74. The standard InChI is InChI=1S/C24H30O3/c1-22-6-3-12(25)9-17(22)13-10-14(13)20-16(22)4-7-23(2)21(20)15-11-18(15)24(23)8-5-19(26)27-24/h9,13-16,18,20-21H,3-8,10-11H2,1-2H3/t13-,14+,15-,16+,18-,20-,21+,22+,23-,24-/m0/s1. The van der Waals surface area contributed by atoms with Gasteiger partial charge in [-0.15, -0.1) is 0 Å². The van der Waals surface area contributed by atoms with Gasteiger partial charge in [0.1, 0.15) is 5.60 Å². The summed E-state index contributed by atoms with van der Waals surface area (Å²) in [6, 6.07) is 0. The fraction of sp³-hybridized carbons (Fsp3) is 0.833.